The minimum atomic E-state index is -0.400. The van der Waals surface area contributed by atoms with Crippen molar-refractivity contribution in [2.24, 2.45) is 5.73 Å². The maximum absolute atomic E-state index is 12.0. The highest BCUT2D eigenvalue weighted by Gasteiger charge is 2.38. The van der Waals surface area contributed by atoms with Crippen molar-refractivity contribution in [1.82, 2.24) is 4.90 Å². The van der Waals surface area contributed by atoms with Crippen molar-refractivity contribution in [3.8, 4) is 0 Å². The van der Waals surface area contributed by atoms with Crippen LogP contribution in [0.5, 0.6) is 0 Å². The van der Waals surface area contributed by atoms with E-state index in [0.717, 1.165) is 37.4 Å². The predicted molar refractivity (Wildman–Crippen MR) is 75.7 cm³/mol. The quantitative estimate of drug-likeness (QED) is 0.659. The van der Waals surface area contributed by atoms with Crippen LogP contribution in [-0.4, -0.2) is 33.7 Å². The van der Waals surface area contributed by atoms with Gasteiger partial charge < -0.3 is 5.73 Å². The number of nitrogens with zero attached hydrogens (tertiary/aromatic N) is 1. The third-order valence-electron chi connectivity index (χ3n) is 3.13. The number of imide groups is 1. The number of carbonyl (C=O) groups is 3. The summed E-state index contributed by atoms with van der Waals surface area (Å²) >= 11 is 1.12. The zero-order valence-electron chi connectivity index (χ0n) is 11.4. The molecule has 1 aliphatic rings. The molecular weight excluding hydrogens is 264 g/mol. The van der Waals surface area contributed by atoms with Gasteiger partial charge in [-0.1, -0.05) is 44.4 Å². The molecule has 1 fully saturated rings. The van der Waals surface area contributed by atoms with Crippen LogP contribution < -0.4 is 5.73 Å². The fourth-order valence-electron chi connectivity index (χ4n) is 2.05. The van der Waals surface area contributed by atoms with Crippen LogP contribution in [0.25, 0.3) is 0 Å². The summed E-state index contributed by atoms with van der Waals surface area (Å²) in [6.45, 7) is 2.44. The SMILES string of the molecule is CCCCCCC1SC(=O)N(CCCC(N)=O)C1=O. The van der Waals surface area contributed by atoms with Gasteiger partial charge in [0, 0.05) is 13.0 Å². The molecule has 19 heavy (non-hydrogen) atoms. The Balaban J connectivity index is 2.33. The molecule has 0 aliphatic carbocycles. The largest absolute Gasteiger partial charge is 0.370 e. The third-order valence-corrected chi connectivity index (χ3v) is 4.27. The number of amides is 3. The van der Waals surface area contributed by atoms with E-state index in [2.05, 4.69) is 6.92 Å². The fourth-order valence-corrected chi connectivity index (χ4v) is 3.12. The first kappa shape index (κ1) is 16.0. The van der Waals surface area contributed by atoms with Crippen LogP contribution >= 0.6 is 11.8 Å². The monoisotopic (exact) mass is 286 g/mol. The van der Waals surface area contributed by atoms with Gasteiger partial charge in [-0.2, -0.15) is 0 Å². The van der Waals surface area contributed by atoms with E-state index in [-0.39, 0.29) is 22.8 Å². The molecule has 0 radical (unpaired) electrons. The molecule has 1 atom stereocenters. The van der Waals surface area contributed by atoms with Gasteiger partial charge >= 0.3 is 0 Å². The molecule has 1 rings (SSSR count). The highest BCUT2D eigenvalue weighted by Crippen LogP contribution is 2.30. The first-order valence-electron chi connectivity index (χ1n) is 6.86. The Morgan fingerprint density at radius 3 is 2.63 bits per heavy atom. The number of primary amides is 1. The summed E-state index contributed by atoms with van der Waals surface area (Å²) in [6.07, 6.45) is 5.85. The summed E-state index contributed by atoms with van der Waals surface area (Å²) in [6, 6.07) is 0. The first-order valence-corrected chi connectivity index (χ1v) is 7.74. The van der Waals surface area contributed by atoms with Crippen LogP contribution in [-0.2, 0) is 9.59 Å². The second kappa shape index (κ2) is 8.19. The van der Waals surface area contributed by atoms with E-state index in [9.17, 15) is 14.4 Å². The Bertz CT molecular complexity index is 347. The maximum Gasteiger partial charge on any atom is 0.289 e. The van der Waals surface area contributed by atoms with Gasteiger partial charge in [0.25, 0.3) is 5.24 Å². The molecule has 1 unspecified atom stereocenters. The second-order valence-electron chi connectivity index (χ2n) is 4.78. The normalized spacial score (nSPS) is 19.2. The van der Waals surface area contributed by atoms with E-state index in [0.29, 0.717) is 13.0 Å². The molecule has 0 aromatic heterocycles. The van der Waals surface area contributed by atoms with Crippen LogP contribution in [0.1, 0.15) is 51.9 Å². The average Bonchev–Trinajstić information content (AvgIpc) is 2.62. The van der Waals surface area contributed by atoms with Gasteiger partial charge in [0.1, 0.15) is 0 Å². The number of unbranched alkanes of at least 4 members (excludes halogenated alkanes) is 3. The lowest BCUT2D eigenvalue weighted by atomic mass is 10.1. The number of carbonyl (C=O) groups excluding carboxylic acids is 3. The first-order chi connectivity index (χ1) is 9.06. The van der Waals surface area contributed by atoms with Crippen molar-refractivity contribution >= 4 is 28.8 Å². The van der Waals surface area contributed by atoms with Crippen molar-refractivity contribution in [3.63, 3.8) is 0 Å². The molecule has 108 valence electrons. The second-order valence-corrected chi connectivity index (χ2v) is 5.94. The van der Waals surface area contributed by atoms with Gasteiger partial charge in [0.15, 0.2) is 0 Å². The van der Waals surface area contributed by atoms with E-state index in [1.165, 1.54) is 11.3 Å². The van der Waals surface area contributed by atoms with Gasteiger partial charge in [0.05, 0.1) is 5.25 Å². The van der Waals surface area contributed by atoms with Crippen molar-refractivity contribution in [2.75, 3.05) is 6.54 Å². The van der Waals surface area contributed by atoms with Crippen LogP contribution in [0.3, 0.4) is 0 Å². The molecule has 6 heteroatoms. The summed E-state index contributed by atoms with van der Waals surface area (Å²) in [5.74, 6) is -0.501. The van der Waals surface area contributed by atoms with Crippen molar-refractivity contribution in [3.05, 3.63) is 0 Å². The van der Waals surface area contributed by atoms with Crippen LogP contribution in [0.2, 0.25) is 0 Å². The topological polar surface area (TPSA) is 80.5 Å². The summed E-state index contributed by atoms with van der Waals surface area (Å²) in [5.41, 5.74) is 5.04. The summed E-state index contributed by atoms with van der Waals surface area (Å²) in [7, 11) is 0. The molecule has 1 aliphatic heterocycles. The molecular formula is C13H22N2O3S. The number of hydrogen-bond donors (Lipinski definition) is 1. The molecule has 3 amide bonds. The van der Waals surface area contributed by atoms with Gasteiger partial charge in [-0.15, -0.1) is 0 Å². The molecule has 0 bridgehead atoms. The standard InChI is InChI=1S/C13H22N2O3S/c1-2-3-4-5-7-10-12(17)15(13(18)19-10)9-6-8-11(14)16/h10H,2-9H2,1H3,(H2,14,16). The van der Waals surface area contributed by atoms with Gasteiger partial charge in [-0.25, -0.2) is 0 Å². The molecule has 0 spiro atoms. The van der Waals surface area contributed by atoms with Gasteiger partial charge in [0.2, 0.25) is 11.8 Å². The van der Waals surface area contributed by atoms with Gasteiger partial charge in [-0.05, 0) is 12.8 Å². The lowest BCUT2D eigenvalue weighted by molar-refractivity contribution is -0.127. The minimum absolute atomic E-state index is 0.101. The van der Waals surface area contributed by atoms with Crippen LogP contribution in [0.15, 0.2) is 0 Å². The molecule has 5 nitrogen and oxygen atoms in total. The Kier molecular flexibility index (Phi) is 6.91. The highest BCUT2D eigenvalue weighted by molar-refractivity contribution is 8.15. The lowest BCUT2D eigenvalue weighted by Crippen LogP contribution is -2.32. The Morgan fingerprint density at radius 1 is 1.26 bits per heavy atom. The Labute approximate surface area is 118 Å². The molecule has 2 N–H and O–H groups in total. The Hall–Kier alpha value is -1.04. The molecule has 0 aromatic rings. The summed E-state index contributed by atoms with van der Waals surface area (Å²) in [5, 5.41) is -0.409. The van der Waals surface area contributed by atoms with Crippen molar-refractivity contribution in [1.29, 1.82) is 0 Å². The van der Waals surface area contributed by atoms with E-state index in [1.807, 2.05) is 0 Å². The summed E-state index contributed by atoms with van der Waals surface area (Å²) in [4.78, 5) is 35.6. The van der Waals surface area contributed by atoms with Gasteiger partial charge in [-0.3, -0.25) is 19.3 Å². The zero-order valence-corrected chi connectivity index (χ0v) is 12.2. The van der Waals surface area contributed by atoms with Crippen molar-refractivity contribution < 1.29 is 14.4 Å². The maximum atomic E-state index is 12.0. The smallest absolute Gasteiger partial charge is 0.289 e. The Morgan fingerprint density at radius 2 is 2.00 bits per heavy atom. The highest BCUT2D eigenvalue weighted by atomic mass is 32.2. The van der Waals surface area contributed by atoms with E-state index in [1.54, 1.807) is 0 Å². The van der Waals surface area contributed by atoms with Crippen LogP contribution in [0, 0.1) is 0 Å². The number of thioether (sulfide) groups is 1. The van der Waals surface area contributed by atoms with E-state index in [4.69, 9.17) is 5.73 Å². The van der Waals surface area contributed by atoms with E-state index < -0.39 is 5.91 Å². The molecule has 1 saturated heterocycles. The van der Waals surface area contributed by atoms with E-state index >= 15 is 0 Å². The number of hydrogen-bond acceptors (Lipinski definition) is 4. The molecule has 0 aromatic carbocycles. The third kappa shape index (κ3) is 5.22. The van der Waals surface area contributed by atoms with Crippen molar-refractivity contribution in [2.45, 2.75) is 57.1 Å². The summed E-state index contributed by atoms with van der Waals surface area (Å²) < 4.78 is 0. The number of rotatable bonds is 9. The zero-order chi connectivity index (χ0) is 14.3. The predicted octanol–water partition coefficient (Wildman–Crippen LogP) is 2.29. The minimum Gasteiger partial charge on any atom is -0.370 e. The average molecular weight is 286 g/mol. The number of nitrogens with two attached hydrogens (primary N) is 1. The fraction of sp³-hybridized carbons (Fsp3) is 0.769. The molecule has 1 heterocycles. The van der Waals surface area contributed by atoms with Crippen LogP contribution in [0.4, 0.5) is 4.79 Å². The molecule has 0 saturated carbocycles. The lowest BCUT2D eigenvalue weighted by Gasteiger charge is -2.13.